The van der Waals surface area contributed by atoms with Crippen LogP contribution in [0.2, 0.25) is 0 Å². The summed E-state index contributed by atoms with van der Waals surface area (Å²) in [6.45, 7) is 4.71. The molecule has 184 valence electrons. The van der Waals surface area contributed by atoms with Crippen molar-refractivity contribution in [2.45, 2.75) is 13.1 Å². The fourth-order valence-corrected chi connectivity index (χ4v) is 4.11. The van der Waals surface area contributed by atoms with E-state index in [1.54, 1.807) is 6.92 Å². The number of hydrogen-bond donors (Lipinski definition) is 1. The molecule has 0 atom stereocenters. The predicted molar refractivity (Wildman–Crippen MR) is 128 cm³/mol. The SMILES string of the molecule is Cc1[nH]c(=O)c(C(=O)N(CCN2CCOCC2)c2cccc(C(F)(F)F)c2)cc1-c1ccccc1. The zero-order valence-corrected chi connectivity index (χ0v) is 19.3. The van der Waals surface area contributed by atoms with Gasteiger partial charge >= 0.3 is 6.18 Å². The van der Waals surface area contributed by atoms with Gasteiger partial charge in [-0.2, -0.15) is 13.2 Å². The molecule has 2 heterocycles. The molecule has 3 aromatic rings. The standard InChI is InChI=1S/C26H26F3N3O3/c1-18-22(19-6-3-2-4-7-19)17-23(24(33)30-18)25(34)32(11-10-31-12-14-35-15-13-31)21-9-5-8-20(16-21)26(27,28)29/h2-9,16-17H,10-15H2,1H3,(H,30,33). The molecular formula is C26H26F3N3O3. The summed E-state index contributed by atoms with van der Waals surface area (Å²) in [5.41, 5.74) is 0.585. The molecule has 0 aliphatic carbocycles. The number of aryl methyl sites for hydroxylation is 1. The quantitative estimate of drug-likeness (QED) is 0.564. The first-order valence-corrected chi connectivity index (χ1v) is 11.3. The van der Waals surface area contributed by atoms with E-state index in [2.05, 4.69) is 9.88 Å². The van der Waals surface area contributed by atoms with Crippen molar-refractivity contribution in [2.24, 2.45) is 0 Å². The van der Waals surface area contributed by atoms with Gasteiger partial charge in [0.15, 0.2) is 0 Å². The molecule has 35 heavy (non-hydrogen) atoms. The van der Waals surface area contributed by atoms with Crippen molar-refractivity contribution in [1.82, 2.24) is 9.88 Å². The fourth-order valence-electron chi connectivity index (χ4n) is 4.11. The summed E-state index contributed by atoms with van der Waals surface area (Å²) in [4.78, 5) is 32.5. The van der Waals surface area contributed by atoms with Crippen LogP contribution in [0.1, 0.15) is 21.6 Å². The Bertz CT molecular complexity index is 1240. The Morgan fingerprint density at radius 3 is 2.46 bits per heavy atom. The molecule has 1 N–H and O–H groups in total. The third-order valence-corrected chi connectivity index (χ3v) is 6.03. The molecule has 1 amide bonds. The number of anilines is 1. The van der Waals surface area contributed by atoms with E-state index in [4.69, 9.17) is 4.74 Å². The average Bonchev–Trinajstić information content (AvgIpc) is 2.85. The highest BCUT2D eigenvalue weighted by Gasteiger charge is 2.32. The van der Waals surface area contributed by atoms with Crippen LogP contribution in [0.25, 0.3) is 11.1 Å². The molecule has 0 radical (unpaired) electrons. The largest absolute Gasteiger partial charge is 0.416 e. The van der Waals surface area contributed by atoms with Crippen LogP contribution in [0, 0.1) is 6.92 Å². The molecule has 1 aromatic heterocycles. The van der Waals surface area contributed by atoms with Crippen LogP contribution >= 0.6 is 0 Å². The number of aromatic amines is 1. The molecule has 1 aliphatic heterocycles. The minimum atomic E-state index is -4.56. The molecule has 1 saturated heterocycles. The van der Waals surface area contributed by atoms with E-state index in [0.717, 1.165) is 17.7 Å². The average molecular weight is 486 g/mol. The summed E-state index contributed by atoms with van der Waals surface area (Å²) in [6.07, 6.45) is -4.56. The number of halogens is 3. The van der Waals surface area contributed by atoms with Crippen molar-refractivity contribution in [3.63, 3.8) is 0 Å². The second kappa shape index (κ2) is 10.5. The molecule has 1 aliphatic rings. The van der Waals surface area contributed by atoms with Crippen LogP contribution in [-0.2, 0) is 10.9 Å². The van der Waals surface area contributed by atoms with E-state index in [1.807, 2.05) is 30.3 Å². The van der Waals surface area contributed by atoms with Gasteiger partial charge in [0.1, 0.15) is 5.56 Å². The van der Waals surface area contributed by atoms with Gasteiger partial charge in [0.05, 0.1) is 18.8 Å². The maximum absolute atomic E-state index is 13.7. The van der Waals surface area contributed by atoms with Crippen molar-refractivity contribution in [1.29, 1.82) is 0 Å². The van der Waals surface area contributed by atoms with E-state index >= 15 is 0 Å². The number of nitrogens with one attached hydrogen (secondary N) is 1. The first-order chi connectivity index (χ1) is 16.7. The molecular weight excluding hydrogens is 459 g/mol. The summed E-state index contributed by atoms with van der Waals surface area (Å²) in [7, 11) is 0. The summed E-state index contributed by atoms with van der Waals surface area (Å²) >= 11 is 0. The number of amides is 1. The Kier molecular flexibility index (Phi) is 7.37. The van der Waals surface area contributed by atoms with E-state index in [9.17, 15) is 22.8 Å². The maximum atomic E-state index is 13.7. The Labute approximate surface area is 200 Å². The van der Waals surface area contributed by atoms with E-state index in [0.29, 0.717) is 44.1 Å². The van der Waals surface area contributed by atoms with Crippen molar-refractivity contribution in [2.75, 3.05) is 44.3 Å². The zero-order chi connectivity index (χ0) is 25.0. The normalized spacial score (nSPS) is 14.6. The number of alkyl halides is 3. The van der Waals surface area contributed by atoms with Gasteiger partial charge in [0.2, 0.25) is 0 Å². The second-order valence-electron chi connectivity index (χ2n) is 8.38. The van der Waals surface area contributed by atoms with Gasteiger partial charge in [-0.25, -0.2) is 0 Å². The number of aromatic nitrogens is 1. The number of H-pyrrole nitrogens is 1. The number of pyridine rings is 1. The van der Waals surface area contributed by atoms with Crippen LogP contribution in [0.3, 0.4) is 0 Å². The first kappa shape index (κ1) is 24.7. The minimum Gasteiger partial charge on any atom is -0.379 e. The number of ether oxygens (including phenoxy) is 1. The summed E-state index contributed by atoms with van der Waals surface area (Å²) < 4.78 is 45.6. The number of hydrogen-bond acceptors (Lipinski definition) is 4. The molecule has 0 saturated carbocycles. The number of nitrogens with zero attached hydrogens (tertiary/aromatic N) is 2. The number of rotatable bonds is 6. The van der Waals surface area contributed by atoms with E-state index in [1.165, 1.54) is 23.1 Å². The van der Waals surface area contributed by atoms with Gasteiger partial charge in [-0.05, 0) is 36.8 Å². The van der Waals surface area contributed by atoms with Gasteiger partial charge in [0.25, 0.3) is 11.5 Å². The number of carbonyl (C=O) groups excluding carboxylic acids is 1. The maximum Gasteiger partial charge on any atom is 0.416 e. The van der Waals surface area contributed by atoms with E-state index < -0.39 is 23.2 Å². The lowest BCUT2D eigenvalue weighted by atomic mass is 10.0. The highest BCUT2D eigenvalue weighted by Crippen LogP contribution is 2.32. The van der Waals surface area contributed by atoms with Crippen LogP contribution < -0.4 is 10.5 Å². The highest BCUT2D eigenvalue weighted by molar-refractivity contribution is 6.06. The summed E-state index contributed by atoms with van der Waals surface area (Å²) in [6, 6.07) is 15.4. The summed E-state index contributed by atoms with van der Waals surface area (Å²) in [5.74, 6) is -0.656. The Balaban J connectivity index is 1.73. The molecule has 6 nitrogen and oxygen atoms in total. The smallest absolute Gasteiger partial charge is 0.379 e. The molecule has 0 bridgehead atoms. The van der Waals surface area contributed by atoms with Crippen LogP contribution in [-0.4, -0.2) is 55.2 Å². The predicted octanol–water partition coefficient (Wildman–Crippen LogP) is 4.35. The van der Waals surface area contributed by atoms with Gasteiger partial charge in [-0.1, -0.05) is 36.4 Å². The number of morpholine rings is 1. The van der Waals surface area contributed by atoms with Crippen LogP contribution in [0.5, 0.6) is 0 Å². The van der Waals surface area contributed by atoms with Gasteiger partial charge in [-0.15, -0.1) is 0 Å². The number of benzene rings is 2. The molecule has 9 heteroatoms. The zero-order valence-electron chi connectivity index (χ0n) is 19.3. The third kappa shape index (κ3) is 5.80. The lowest BCUT2D eigenvalue weighted by Gasteiger charge is -2.30. The first-order valence-electron chi connectivity index (χ1n) is 11.3. The second-order valence-corrected chi connectivity index (χ2v) is 8.38. The van der Waals surface area contributed by atoms with Crippen LogP contribution in [0.15, 0.2) is 65.5 Å². The van der Waals surface area contributed by atoms with Gasteiger partial charge < -0.3 is 14.6 Å². The third-order valence-electron chi connectivity index (χ3n) is 6.03. The Morgan fingerprint density at radius 1 is 1.06 bits per heavy atom. The van der Waals surface area contributed by atoms with E-state index in [-0.39, 0.29) is 17.8 Å². The Hall–Kier alpha value is -3.43. The van der Waals surface area contributed by atoms with Crippen molar-refractivity contribution >= 4 is 11.6 Å². The number of carbonyl (C=O) groups is 1. The molecule has 2 aromatic carbocycles. The molecule has 1 fully saturated rings. The molecule has 4 rings (SSSR count). The van der Waals surface area contributed by atoms with Crippen molar-refractivity contribution < 1.29 is 22.7 Å². The molecule has 0 spiro atoms. The monoisotopic (exact) mass is 485 g/mol. The topological polar surface area (TPSA) is 65.6 Å². The minimum absolute atomic E-state index is 0.0827. The lowest BCUT2D eigenvalue weighted by molar-refractivity contribution is -0.137. The molecule has 0 unspecified atom stereocenters. The van der Waals surface area contributed by atoms with Crippen molar-refractivity contribution in [3.8, 4) is 11.1 Å². The van der Waals surface area contributed by atoms with Gasteiger partial charge in [0, 0.05) is 43.1 Å². The van der Waals surface area contributed by atoms with Gasteiger partial charge in [-0.3, -0.25) is 14.5 Å². The van der Waals surface area contributed by atoms with Crippen molar-refractivity contribution in [3.05, 3.63) is 87.8 Å². The fraction of sp³-hybridized carbons (Fsp3) is 0.308. The van der Waals surface area contributed by atoms with Crippen LogP contribution in [0.4, 0.5) is 18.9 Å². The highest BCUT2D eigenvalue weighted by atomic mass is 19.4. The lowest BCUT2D eigenvalue weighted by Crippen LogP contribution is -2.44. The summed E-state index contributed by atoms with van der Waals surface area (Å²) in [5, 5.41) is 0. The Morgan fingerprint density at radius 2 is 1.77 bits per heavy atom.